The highest BCUT2D eigenvalue weighted by atomic mass is 35.5. The molecule has 116 valence electrons. The molecule has 0 saturated carbocycles. The van der Waals surface area contributed by atoms with E-state index in [-0.39, 0.29) is 11.9 Å². The number of hydrogen-bond donors (Lipinski definition) is 0. The number of aryl methyl sites for hydroxylation is 1. The number of halogens is 1. The van der Waals surface area contributed by atoms with Crippen molar-refractivity contribution < 1.29 is 4.79 Å². The fourth-order valence-electron chi connectivity index (χ4n) is 2.75. The maximum atomic E-state index is 12.7. The van der Waals surface area contributed by atoms with E-state index < -0.39 is 0 Å². The molecule has 0 bridgehead atoms. The lowest BCUT2D eigenvalue weighted by Gasteiger charge is -2.39. The van der Waals surface area contributed by atoms with Gasteiger partial charge in [-0.3, -0.25) is 14.7 Å². The molecular weight excluding hydrogens is 302 g/mol. The zero-order chi connectivity index (χ0) is 15.7. The second kappa shape index (κ2) is 6.06. The molecule has 1 amide bonds. The van der Waals surface area contributed by atoms with Gasteiger partial charge in [-0.2, -0.15) is 0 Å². The van der Waals surface area contributed by atoms with E-state index in [2.05, 4.69) is 21.9 Å². The predicted octanol–water partition coefficient (Wildman–Crippen LogP) is 1.60. The Morgan fingerprint density at radius 3 is 2.82 bits per heavy atom. The Morgan fingerprint density at radius 1 is 1.32 bits per heavy atom. The summed E-state index contributed by atoms with van der Waals surface area (Å²) in [5.74, 6) is 0.903. The molecule has 0 aliphatic carbocycles. The molecule has 1 atom stereocenters. The van der Waals surface area contributed by atoms with Crippen molar-refractivity contribution in [3.63, 3.8) is 0 Å². The van der Waals surface area contributed by atoms with Crippen LogP contribution < -0.4 is 0 Å². The number of amides is 1. The molecule has 6 nitrogen and oxygen atoms in total. The van der Waals surface area contributed by atoms with E-state index in [1.165, 1.54) is 6.20 Å². The second-order valence-electron chi connectivity index (χ2n) is 5.50. The number of hydrogen-bond acceptors (Lipinski definition) is 4. The maximum Gasteiger partial charge on any atom is 0.255 e. The van der Waals surface area contributed by atoms with Crippen molar-refractivity contribution in [2.45, 2.75) is 6.04 Å². The molecule has 3 heterocycles. The molecule has 2 aromatic rings. The standard InChI is InChI=1S/C15H18ClN5O/c1-19-7-8-21(10-13(19)14-18-5-6-20(14)2)15(22)11-3-4-17-9-12(11)16/h3-6,9,13H,7-8,10H2,1-2H3. The normalized spacial score (nSPS) is 19.4. The zero-order valence-corrected chi connectivity index (χ0v) is 13.4. The third-order valence-corrected chi connectivity index (χ3v) is 4.40. The van der Waals surface area contributed by atoms with Crippen molar-refractivity contribution in [2.24, 2.45) is 7.05 Å². The third-order valence-electron chi connectivity index (χ3n) is 4.09. The Balaban J connectivity index is 1.83. The van der Waals surface area contributed by atoms with E-state index in [0.29, 0.717) is 23.7 Å². The fourth-order valence-corrected chi connectivity index (χ4v) is 2.95. The average Bonchev–Trinajstić information content (AvgIpc) is 2.93. The third kappa shape index (κ3) is 2.71. The average molecular weight is 320 g/mol. The van der Waals surface area contributed by atoms with Crippen molar-refractivity contribution >= 4 is 17.5 Å². The number of carbonyl (C=O) groups is 1. The fraction of sp³-hybridized carbons (Fsp3) is 0.400. The summed E-state index contributed by atoms with van der Waals surface area (Å²) in [6.45, 7) is 2.07. The predicted molar refractivity (Wildman–Crippen MR) is 83.7 cm³/mol. The van der Waals surface area contributed by atoms with E-state index in [9.17, 15) is 4.79 Å². The Labute approximate surface area is 134 Å². The summed E-state index contributed by atoms with van der Waals surface area (Å²) < 4.78 is 1.99. The van der Waals surface area contributed by atoms with Gasteiger partial charge in [0.1, 0.15) is 5.82 Å². The molecule has 1 saturated heterocycles. The Morgan fingerprint density at radius 2 is 2.14 bits per heavy atom. The van der Waals surface area contributed by atoms with Gasteiger partial charge in [0.2, 0.25) is 0 Å². The highest BCUT2D eigenvalue weighted by molar-refractivity contribution is 6.33. The van der Waals surface area contributed by atoms with E-state index in [1.807, 2.05) is 22.7 Å². The molecule has 0 radical (unpaired) electrons. The molecule has 22 heavy (non-hydrogen) atoms. The quantitative estimate of drug-likeness (QED) is 0.843. The van der Waals surface area contributed by atoms with Gasteiger partial charge in [-0.25, -0.2) is 4.98 Å². The highest BCUT2D eigenvalue weighted by Crippen LogP contribution is 2.24. The van der Waals surface area contributed by atoms with E-state index in [1.54, 1.807) is 18.5 Å². The van der Waals surface area contributed by atoms with E-state index in [4.69, 9.17) is 11.6 Å². The number of pyridine rings is 1. The van der Waals surface area contributed by atoms with Crippen LogP contribution in [0.2, 0.25) is 5.02 Å². The first-order valence-electron chi connectivity index (χ1n) is 7.14. The van der Waals surface area contributed by atoms with Gasteiger partial charge >= 0.3 is 0 Å². The minimum absolute atomic E-state index is 0.0558. The molecule has 3 rings (SSSR count). The van der Waals surface area contributed by atoms with Crippen LogP contribution in [0.15, 0.2) is 30.9 Å². The largest absolute Gasteiger partial charge is 0.337 e. The number of imidazole rings is 1. The van der Waals surface area contributed by atoms with Gasteiger partial charge in [0.15, 0.2) is 0 Å². The van der Waals surface area contributed by atoms with Crippen molar-refractivity contribution in [1.82, 2.24) is 24.3 Å². The number of aromatic nitrogens is 3. The van der Waals surface area contributed by atoms with Gasteiger partial charge in [0.05, 0.1) is 16.6 Å². The summed E-state index contributed by atoms with van der Waals surface area (Å²) in [4.78, 5) is 25.1. The number of likely N-dealkylation sites (N-methyl/N-ethyl adjacent to an activating group) is 1. The lowest BCUT2D eigenvalue weighted by atomic mass is 10.1. The summed E-state index contributed by atoms with van der Waals surface area (Å²) in [6.07, 6.45) is 6.79. The molecule has 0 spiro atoms. The van der Waals surface area contributed by atoms with Gasteiger partial charge in [-0.1, -0.05) is 11.6 Å². The second-order valence-corrected chi connectivity index (χ2v) is 5.91. The number of carbonyl (C=O) groups excluding carboxylic acids is 1. The molecule has 2 aromatic heterocycles. The van der Waals surface area contributed by atoms with Gasteiger partial charge in [0, 0.05) is 51.5 Å². The topological polar surface area (TPSA) is 54.3 Å². The lowest BCUT2D eigenvalue weighted by molar-refractivity contribution is 0.0529. The van der Waals surface area contributed by atoms with Crippen molar-refractivity contribution in [2.75, 3.05) is 26.7 Å². The minimum atomic E-state index is -0.0558. The Kier molecular flexibility index (Phi) is 4.13. The van der Waals surface area contributed by atoms with Gasteiger partial charge in [-0.05, 0) is 13.1 Å². The molecule has 1 aliphatic heterocycles. The van der Waals surface area contributed by atoms with Gasteiger partial charge in [-0.15, -0.1) is 0 Å². The van der Waals surface area contributed by atoms with Crippen molar-refractivity contribution in [1.29, 1.82) is 0 Å². The number of nitrogens with zero attached hydrogens (tertiary/aromatic N) is 5. The molecule has 0 N–H and O–H groups in total. The first-order valence-corrected chi connectivity index (χ1v) is 7.52. The van der Waals surface area contributed by atoms with Gasteiger partial charge < -0.3 is 9.47 Å². The van der Waals surface area contributed by atoms with Crippen LogP contribution in [-0.2, 0) is 7.05 Å². The summed E-state index contributed by atoms with van der Waals surface area (Å²) in [6, 6.07) is 1.75. The Hall–Kier alpha value is -1.92. The lowest BCUT2D eigenvalue weighted by Crippen LogP contribution is -2.49. The molecule has 0 aromatic carbocycles. The molecule has 7 heteroatoms. The maximum absolute atomic E-state index is 12.7. The van der Waals surface area contributed by atoms with Crippen molar-refractivity contribution in [3.8, 4) is 0 Å². The summed E-state index contributed by atoms with van der Waals surface area (Å²) in [5.41, 5.74) is 0.500. The van der Waals surface area contributed by atoms with Crippen LogP contribution in [0.4, 0.5) is 0 Å². The molecule has 1 aliphatic rings. The summed E-state index contributed by atoms with van der Waals surface area (Å²) >= 11 is 6.09. The molecular formula is C15H18ClN5O. The SMILES string of the molecule is CN1CCN(C(=O)c2ccncc2Cl)CC1c1nccn1C. The first-order chi connectivity index (χ1) is 10.6. The monoisotopic (exact) mass is 319 g/mol. The highest BCUT2D eigenvalue weighted by Gasteiger charge is 2.31. The van der Waals surface area contributed by atoms with Crippen LogP contribution in [0.25, 0.3) is 0 Å². The van der Waals surface area contributed by atoms with Crippen LogP contribution in [0.1, 0.15) is 22.2 Å². The minimum Gasteiger partial charge on any atom is -0.337 e. The summed E-state index contributed by atoms with van der Waals surface area (Å²) in [7, 11) is 4.03. The first kappa shape index (κ1) is 15.0. The van der Waals surface area contributed by atoms with E-state index in [0.717, 1.165) is 12.4 Å². The van der Waals surface area contributed by atoms with E-state index >= 15 is 0 Å². The van der Waals surface area contributed by atoms with Gasteiger partial charge in [0.25, 0.3) is 5.91 Å². The van der Waals surface area contributed by atoms with Crippen LogP contribution in [-0.4, -0.2) is 56.9 Å². The van der Waals surface area contributed by atoms with Crippen LogP contribution in [0.3, 0.4) is 0 Å². The smallest absolute Gasteiger partial charge is 0.255 e. The van der Waals surface area contributed by atoms with Crippen LogP contribution in [0, 0.1) is 0 Å². The number of rotatable bonds is 2. The van der Waals surface area contributed by atoms with Crippen molar-refractivity contribution in [3.05, 3.63) is 47.3 Å². The van der Waals surface area contributed by atoms with Crippen LogP contribution in [0.5, 0.6) is 0 Å². The molecule has 1 fully saturated rings. The zero-order valence-electron chi connectivity index (χ0n) is 12.6. The molecule has 1 unspecified atom stereocenters. The summed E-state index contributed by atoms with van der Waals surface area (Å²) in [5, 5.41) is 0.389. The van der Waals surface area contributed by atoms with Crippen LogP contribution >= 0.6 is 11.6 Å². The Bertz CT molecular complexity index is 686. The number of piperazine rings is 1.